The second-order valence-corrected chi connectivity index (χ2v) is 9.81. The Morgan fingerprint density at radius 3 is 2.68 bits per heavy atom. The van der Waals surface area contributed by atoms with Gasteiger partial charge in [0.15, 0.2) is 0 Å². The van der Waals surface area contributed by atoms with Crippen molar-refractivity contribution < 1.29 is 19.1 Å². The summed E-state index contributed by atoms with van der Waals surface area (Å²) < 4.78 is 10.7. The predicted molar refractivity (Wildman–Crippen MR) is 147 cm³/mol. The molecule has 37 heavy (non-hydrogen) atoms. The third-order valence-electron chi connectivity index (χ3n) is 6.77. The van der Waals surface area contributed by atoms with Gasteiger partial charge in [0.1, 0.15) is 18.1 Å². The van der Waals surface area contributed by atoms with Gasteiger partial charge in [0.25, 0.3) is 5.91 Å². The Hall–Kier alpha value is -3.75. The molecule has 192 valence electrons. The summed E-state index contributed by atoms with van der Waals surface area (Å²) in [6, 6.07) is 14.7. The highest BCUT2D eigenvalue weighted by molar-refractivity contribution is 6.19. The van der Waals surface area contributed by atoms with Crippen LogP contribution in [0, 0.1) is 0 Å². The van der Waals surface area contributed by atoms with E-state index >= 15 is 0 Å². The molecule has 8 nitrogen and oxygen atoms in total. The summed E-state index contributed by atoms with van der Waals surface area (Å²) in [6.07, 6.45) is 0. The molecule has 5 rings (SSSR count). The number of amides is 1. The molecule has 3 N–H and O–H groups in total. The molecule has 9 heteroatoms. The van der Waals surface area contributed by atoms with Crippen molar-refractivity contribution in [1.82, 2.24) is 9.88 Å². The maximum absolute atomic E-state index is 13.7. The highest BCUT2D eigenvalue weighted by Gasteiger charge is 2.35. The molecular formula is C28H29ClN4O4. The Kier molecular flexibility index (Phi) is 6.70. The normalized spacial score (nSPS) is 14.9. The number of H-pyrrole nitrogens is 1. The first kappa shape index (κ1) is 24.9. The van der Waals surface area contributed by atoms with Crippen LogP contribution in [0.4, 0.5) is 11.4 Å². The number of carbonyl (C=O) groups excluding carboxylic acids is 2. The van der Waals surface area contributed by atoms with Gasteiger partial charge in [0.2, 0.25) is 0 Å². The number of esters is 1. The van der Waals surface area contributed by atoms with Crippen LogP contribution < -0.4 is 15.4 Å². The zero-order chi connectivity index (χ0) is 26.3. The molecule has 0 bridgehead atoms. The highest BCUT2D eigenvalue weighted by Crippen LogP contribution is 2.45. The number of carbonyl (C=O) groups is 2. The summed E-state index contributed by atoms with van der Waals surface area (Å²) in [5.74, 6) is 0.428. The number of methoxy groups -OCH3 is 1. The average Bonchev–Trinajstić information content (AvgIpc) is 3.48. The minimum Gasteiger partial charge on any atom is -0.492 e. The monoisotopic (exact) mass is 520 g/mol. The second-order valence-electron chi connectivity index (χ2n) is 9.50. The Labute approximate surface area is 219 Å². The van der Waals surface area contributed by atoms with Crippen molar-refractivity contribution in [2.24, 2.45) is 0 Å². The fourth-order valence-corrected chi connectivity index (χ4v) is 5.14. The lowest BCUT2D eigenvalue weighted by molar-refractivity contribution is 0.0600. The van der Waals surface area contributed by atoms with Crippen molar-refractivity contribution in [3.8, 4) is 5.75 Å². The topological polar surface area (TPSA) is 101 Å². The molecule has 1 unspecified atom stereocenters. The molecule has 3 aromatic carbocycles. The van der Waals surface area contributed by atoms with Crippen LogP contribution in [0.3, 0.4) is 0 Å². The number of halogens is 1. The number of nitrogens with two attached hydrogens (primary N) is 1. The molecular weight excluding hydrogens is 492 g/mol. The number of aromatic nitrogens is 1. The minimum atomic E-state index is -0.433. The van der Waals surface area contributed by atoms with Gasteiger partial charge < -0.3 is 30.0 Å². The second kappa shape index (κ2) is 9.95. The van der Waals surface area contributed by atoms with Gasteiger partial charge in [-0.3, -0.25) is 4.79 Å². The number of fused-ring (bicyclic) bond motifs is 4. The Bertz CT molecular complexity index is 1510. The van der Waals surface area contributed by atoms with Crippen LogP contribution in [-0.4, -0.2) is 68.5 Å². The molecule has 0 spiro atoms. The quantitative estimate of drug-likeness (QED) is 0.210. The number of likely N-dealkylation sites (N-methyl/N-ethyl adjacent to an activating group) is 1. The van der Waals surface area contributed by atoms with E-state index < -0.39 is 5.97 Å². The smallest absolute Gasteiger partial charge is 0.337 e. The van der Waals surface area contributed by atoms with Gasteiger partial charge in [-0.05, 0) is 67.5 Å². The van der Waals surface area contributed by atoms with Crippen LogP contribution in [0.2, 0.25) is 0 Å². The summed E-state index contributed by atoms with van der Waals surface area (Å²) >= 11 is 6.37. The van der Waals surface area contributed by atoms with Crippen molar-refractivity contribution in [1.29, 1.82) is 0 Å². The molecule has 1 aromatic heterocycles. The summed E-state index contributed by atoms with van der Waals surface area (Å²) in [4.78, 5) is 32.8. The maximum atomic E-state index is 13.7. The largest absolute Gasteiger partial charge is 0.492 e. The maximum Gasteiger partial charge on any atom is 0.337 e. The van der Waals surface area contributed by atoms with Crippen molar-refractivity contribution in [2.75, 3.05) is 57.4 Å². The van der Waals surface area contributed by atoms with Crippen molar-refractivity contribution in [3.63, 3.8) is 0 Å². The SMILES string of the molecule is COC(=O)c1ccc2c3c(cc(N)c2c1)N(C(=O)c1cc2cc(OCCN(C)C)ccc2[nH]1)CC3CCl. The van der Waals surface area contributed by atoms with Crippen LogP contribution in [0.25, 0.3) is 21.7 Å². The molecule has 1 amide bonds. The minimum absolute atomic E-state index is 0.0752. The van der Waals surface area contributed by atoms with E-state index in [9.17, 15) is 9.59 Å². The van der Waals surface area contributed by atoms with E-state index in [0.717, 1.165) is 45.2 Å². The zero-order valence-corrected chi connectivity index (χ0v) is 21.8. The van der Waals surface area contributed by atoms with Gasteiger partial charge in [0, 0.05) is 46.9 Å². The Morgan fingerprint density at radius 1 is 1.14 bits per heavy atom. The summed E-state index contributed by atoms with van der Waals surface area (Å²) in [5.41, 5.74) is 10.3. The van der Waals surface area contributed by atoms with Crippen LogP contribution in [0.5, 0.6) is 5.75 Å². The highest BCUT2D eigenvalue weighted by atomic mass is 35.5. The number of alkyl halides is 1. The van der Waals surface area contributed by atoms with E-state index in [2.05, 4.69) is 9.88 Å². The number of rotatable bonds is 7. The van der Waals surface area contributed by atoms with Crippen molar-refractivity contribution in [3.05, 3.63) is 65.4 Å². The van der Waals surface area contributed by atoms with Crippen LogP contribution in [0.1, 0.15) is 32.3 Å². The Balaban J connectivity index is 1.49. The van der Waals surface area contributed by atoms with Crippen molar-refractivity contribution >= 4 is 56.5 Å². The van der Waals surface area contributed by atoms with Gasteiger partial charge in [-0.1, -0.05) is 6.07 Å². The number of aromatic amines is 1. The number of ether oxygens (including phenoxy) is 2. The van der Waals surface area contributed by atoms with E-state index in [1.165, 1.54) is 7.11 Å². The number of nitrogen functional groups attached to an aromatic ring is 1. The van der Waals surface area contributed by atoms with Crippen LogP contribution in [-0.2, 0) is 4.74 Å². The van der Waals surface area contributed by atoms with E-state index in [-0.39, 0.29) is 11.8 Å². The molecule has 1 aliphatic heterocycles. The van der Waals surface area contributed by atoms with Gasteiger partial charge in [-0.2, -0.15) is 0 Å². The average molecular weight is 521 g/mol. The van der Waals surface area contributed by atoms with Crippen LogP contribution in [0.15, 0.2) is 48.5 Å². The fraction of sp³-hybridized carbons (Fsp3) is 0.286. The fourth-order valence-electron chi connectivity index (χ4n) is 4.89. The number of hydrogen-bond donors (Lipinski definition) is 2. The predicted octanol–water partition coefficient (Wildman–Crippen LogP) is 4.61. The van der Waals surface area contributed by atoms with Gasteiger partial charge in [-0.15, -0.1) is 11.6 Å². The van der Waals surface area contributed by atoms with Crippen LogP contribution >= 0.6 is 11.6 Å². The zero-order valence-electron chi connectivity index (χ0n) is 21.0. The molecule has 0 radical (unpaired) electrons. The molecule has 4 aromatic rings. The first-order chi connectivity index (χ1) is 17.8. The molecule has 0 aliphatic carbocycles. The van der Waals surface area contributed by atoms with E-state index in [1.54, 1.807) is 23.1 Å². The molecule has 2 heterocycles. The lowest BCUT2D eigenvalue weighted by Gasteiger charge is -2.18. The van der Waals surface area contributed by atoms with E-state index in [0.29, 0.717) is 36.0 Å². The third kappa shape index (κ3) is 4.58. The van der Waals surface area contributed by atoms with Gasteiger partial charge >= 0.3 is 5.97 Å². The number of nitrogens with zero attached hydrogens (tertiary/aromatic N) is 2. The summed E-state index contributed by atoms with van der Waals surface area (Å²) in [7, 11) is 5.34. The number of nitrogens with one attached hydrogen (secondary N) is 1. The van der Waals surface area contributed by atoms with Crippen molar-refractivity contribution in [2.45, 2.75) is 5.92 Å². The number of anilines is 2. The lowest BCUT2D eigenvalue weighted by atomic mass is 9.94. The molecule has 1 aliphatic rings. The summed E-state index contributed by atoms with van der Waals surface area (Å²) in [5, 5.41) is 2.51. The standard InChI is InChI=1S/C28H29ClN4O4/c1-32(2)8-9-37-19-5-7-23-17(10-19)12-24(31-23)27(34)33-15-18(14-29)26-20-6-4-16(28(35)36-3)11-21(20)22(30)13-25(26)33/h4-7,10-13,18,31H,8-9,14-15,30H2,1-3H3. The molecule has 0 saturated carbocycles. The van der Waals surface area contributed by atoms with E-state index in [1.807, 2.05) is 44.4 Å². The third-order valence-corrected chi connectivity index (χ3v) is 7.15. The number of hydrogen-bond acceptors (Lipinski definition) is 6. The van der Waals surface area contributed by atoms with Gasteiger partial charge in [0.05, 0.1) is 18.4 Å². The van der Waals surface area contributed by atoms with E-state index in [4.69, 9.17) is 26.8 Å². The molecule has 0 saturated heterocycles. The molecule has 0 fully saturated rings. The molecule has 1 atom stereocenters. The lowest BCUT2D eigenvalue weighted by Crippen LogP contribution is -2.30. The first-order valence-electron chi connectivity index (χ1n) is 12.0. The number of benzene rings is 3. The van der Waals surface area contributed by atoms with Gasteiger partial charge in [-0.25, -0.2) is 4.79 Å². The summed E-state index contributed by atoms with van der Waals surface area (Å²) in [6.45, 7) is 1.83. The Morgan fingerprint density at radius 2 is 1.95 bits per heavy atom. The first-order valence-corrected chi connectivity index (χ1v) is 12.6.